The predicted octanol–water partition coefficient (Wildman–Crippen LogP) is 5.43. The topological polar surface area (TPSA) is 39.1 Å². The molecule has 0 amide bonds. The van der Waals surface area contributed by atoms with E-state index >= 15 is 0 Å². The number of rotatable bonds is 4. The number of aryl methyl sites for hydroxylation is 2. The molecule has 1 aliphatic carbocycles. The molecule has 0 heterocycles. The summed E-state index contributed by atoms with van der Waals surface area (Å²) >= 11 is 5.79. The van der Waals surface area contributed by atoms with Crippen LogP contribution in [0, 0.1) is 36.5 Å². The molecular formula is C21H31N3S. The third-order valence-electron chi connectivity index (χ3n) is 5.24. The third kappa shape index (κ3) is 5.19. The second-order valence-electron chi connectivity index (χ2n) is 8.37. The molecule has 0 aromatic heterocycles. The zero-order chi connectivity index (χ0) is 18.6. The lowest BCUT2D eigenvalue weighted by Gasteiger charge is -2.44. The Morgan fingerprint density at radius 2 is 1.96 bits per heavy atom. The molecule has 2 rings (SSSR count). The van der Waals surface area contributed by atoms with Gasteiger partial charge in [0.25, 0.3) is 0 Å². The first-order valence-corrected chi connectivity index (χ1v) is 9.65. The molecule has 3 nitrogen and oxygen atoms in total. The molecule has 0 aliphatic heterocycles. The van der Waals surface area contributed by atoms with Crippen LogP contribution in [0.1, 0.15) is 57.6 Å². The van der Waals surface area contributed by atoms with Gasteiger partial charge >= 0.3 is 0 Å². The van der Waals surface area contributed by atoms with Crippen LogP contribution in [0.4, 0.5) is 5.69 Å². The van der Waals surface area contributed by atoms with Crippen molar-refractivity contribution in [3.05, 3.63) is 29.3 Å². The fourth-order valence-corrected chi connectivity index (χ4v) is 4.69. The lowest BCUT2D eigenvalue weighted by Crippen LogP contribution is -2.48. The van der Waals surface area contributed by atoms with E-state index in [0.717, 1.165) is 23.6 Å². The van der Waals surface area contributed by atoms with E-state index in [1.165, 1.54) is 17.5 Å². The molecule has 1 aromatic carbocycles. The number of nitriles is 1. The summed E-state index contributed by atoms with van der Waals surface area (Å²) in [6, 6.07) is 8.95. The van der Waals surface area contributed by atoms with Gasteiger partial charge in [-0.3, -0.25) is 0 Å². The quantitative estimate of drug-likeness (QED) is 0.729. The molecule has 2 unspecified atom stereocenters. The zero-order valence-corrected chi connectivity index (χ0v) is 17.0. The Kier molecular flexibility index (Phi) is 6.46. The van der Waals surface area contributed by atoms with E-state index in [2.05, 4.69) is 69.1 Å². The Morgan fingerprint density at radius 3 is 2.52 bits per heavy atom. The predicted molar refractivity (Wildman–Crippen MR) is 110 cm³/mol. The number of hydrogen-bond donors (Lipinski definition) is 1. The van der Waals surface area contributed by atoms with Gasteiger partial charge < -0.3 is 10.2 Å². The smallest absolute Gasteiger partial charge is 0.173 e. The summed E-state index contributed by atoms with van der Waals surface area (Å²) in [6.45, 7) is 11.9. The number of hydrogen-bond acceptors (Lipinski definition) is 2. The molecule has 1 saturated carbocycles. The summed E-state index contributed by atoms with van der Waals surface area (Å²) in [7, 11) is 0. The van der Waals surface area contributed by atoms with Crippen LogP contribution in [0.3, 0.4) is 0 Å². The van der Waals surface area contributed by atoms with Crippen molar-refractivity contribution in [1.82, 2.24) is 4.90 Å². The first kappa shape index (κ1) is 19.7. The molecule has 2 atom stereocenters. The molecule has 1 N–H and O–H groups in total. The lowest BCUT2D eigenvalue weighted by atomic mass is 9.70. The van der Waals surface area contributed by atoms with Crippen molar-refractivity contribution in [2.24, 2.45) is 11.3 Å². The van der Waals surface area contributed by atoms with Crippen LogP contribution in [-0.4, -0.2) is 22.6 Å². The second kappa shape index (κ2) is 8.19. The Bertz CT molecular complexity index is 639. The van der Waals surface area contributed by atoms with E-state index in [9.17, 15) is 0 Å². The van der Waals surface area contributed by atoms with E-state index in [-0.39, 0.29) is 0 Å². The minimum atomic E-state index is 0.321. The monoisotopic (exact) mass is 357 g/mol. The third-order valence-corrected chi connectivity index (χ3v) is 5.58. The molecular weight excluding hydrogens is 326 g/mol. The van der Waals surface area contributed by atoms with Gasteiger partial charge in [0, 0.05) is 18.3 Å². The molecule has 0 saturated heterocycles. The maximum atomic E-state index is 9.09. The Labute approximate surface area is 158 Å². The van der Waals surface area contributed by atoms with Crippen LogP contribution >= 0.6 is 12.2 Å². The van der Waals surface area contributed by atoms with Gasteiger partial charge in [-0.25, -0.2) is 0 Å². The van der Waals surface area contributed by atoms with E-state index in [0.29, 0.717) is 30.3 Å². The highest BCUT2D eigenvalue weighted by Gasteiger charge is 2.35. The molecule has 4 heteroatoms. The summed E-state index contributed by atoms with van der Waals surface area (Å²) in [5, 5.41) is 13.3. The van der Waals surface area contributed by atoms with Crippen molar-refractivity contribution < 1.29 is 0 Å². The van der Waals surface area contributed by atoms with Crippen LogP contribution < -0.4 is 5.32 Å². The molecule has 1 aromatic rings. The summed E-state index contributed by atoms with van der Waals surface area (Å²) in [6.07, 6.45) is 4.02. The summed E-state index contributed by atoms with van der Waals surface area (Å²) in [4.78, 5) is 2.27. The van der Waals surface area contributed by atoms with Gasteiger partial charge in [0.2, 0.25) is 0 Å². The Morgan fingerprint density at radius 1 is 1.32 bits per heavy atom. The Balaban J connectivity index is 2.21. The first-order chi connectivity index (χ1) is 11.7. The summed E-state index contributed by atoms with van der Waals surface area (Å²) < 4.78 is 0. The molecule has 25 heavy (non-hydrogen) atoms. The van der Waals surface area contributed by atoms with Gasteiger partial charge in [-0.15, -0.1) is 0 Å². The maximum Gasteiger partial charge on any atom is 0.173 e. The number of para-hydroxylation sites is 1. The Hall–Kier alpha value is -1.60. The largest absolute Gasteiger partial charge is 0.345 e. The van der Waals surface area contributed by atoms with Crippen LogP contribution in [0.2, 0.25) is 0 Å². The average molecular weight is 358 g/mol. The highest BCUT2D eigenvalue weighted by atomic mass is 32.1. The van der Waals surface area contributed by atoms with Gasteiger partial charge in [0.1, 0.15) is 0 Å². The molecule has 0 radical (unpaired) electrons. The van der Waals surface area contributed by atoms with E-state index in [4.69, 9.17) is 17.5 Å². The average Bonchev–Trinajstić information content (AvgIpc) is 2.49. The van der Waals surface area contributed by atoms with Crippen LogP contribution in [0.15, 0.2) is 18.2 Å². The number of anilines is 1. The molecule has 1 aliphatic rings. The number of thiocarbonyl (C=S) groups is 1. The van der Waals surface area contributed by atoms with E-state index in [1.54, 1.807) is 0 Å². The number of nitrogens with one attached hydrogen (secondary N) is 1. The highest BCUT2D eigenvalue weighted by Crippen LogP contribution is 2.40. The standard InChI is InChI=1S/C21H31N3S/c1-15-12-18(14-21(4,5)13-15)24(11-7-10-22)20(25)23-19-16(2)8-6-9-17(19)3/h6,8-9,15,18H,7,11-14H2,1-5H3,(H,23,25). The van der Waals surface area contributed by atoms with Gasteiger partial charge in [-0.05, 0) is 67.8 Å². The summed E-state index contributed by atoms with van der Waals surface area (Å²) in [5.74, 6) is 0.682. The van der Waals surface area contributed by atoms with Gasteiger partial charge in [0.15, 0.2) is 5.11 Å². The minimum absolute atomic E-state index is 0.321. The molecule has 136 valence electrons. The first-order valence-electron chi connectivity index (χ1n) is 9.24. The van der Waals surface area contributed by atoms with Gasteiger partial charge in [-0.2, -0.15) is 5.26 Å². The number of nitrogens with zero attached hydrogens (tertiary/aromatic N) is 2. The van der Waals surface area contributed by atoms with E-state index in [1.807, 2.05) is 0 Å². The van der Waals surface area contributed by atoms with Crippen molar-refractivity contribution in [3.63, 3.8) is 0 Å². The zero-order valence-electron chi connectivity index (χ0n) is 16.2. The number of benzene rings is 1. The lowest BCUT2D eigenvalue weighted by molar-refractivity contribution is 0.108. The second-order valence-corrected chi connectivity index (χ2v) is 8.75. The fourth-order valence-electron chi connectivity index (χ4n) is 4.34. The maximum absolute atomic E-state index is 9.09. The molecule has 1 fully saturated rings. The van der Waals surface area contributed by atoms with Gasteiger partial charge in [0.05, 0.1) is 12.5 Å². The molecule has 0 spiro atoms. The van der Waals surface area contributed by atoms with Crippen LogP contribution in [-0.2, 0) is 0 Å². The van der Waals surface area contributed by atoms with Crippen molar-refractivity contribution in [2.75, 3.05) is 11.9 Å². The van der Waals surface area contributed by atoms with Crippen molar-refractivity contribution in [2.45, 2.75) is 66.3 Å². The van der Waals surface area contributed by atoms with Crippen molar-refractivity contribution in [3.8, 4) is 6.07 Å². The van der Waals surface area contributed by atoms with Crippen LogP contribution in [0.5, 0.6) is 0 Å². The molecule has 0 bridgehead atoms. The minimum Gasteiger partial charge on any atom is -0.345 e. The van der Waals surface area contributed by atoms with E-state index < -0.39 is 0 Å². The highest BCUT2D eigenvalue weighted by molar-refractivity contribution is 7.80. The van der Waals surface area contributed by atoms with Crippen molar-refractivity contribution >= 4 is 23.0 Å². The normalized spacial score (nSPS) is 22.1. The van der Waals surface area contributed by atoms with Gasteiger partial charge in [-0.1, -0.05) is 39.0 Å². The fraction of sp³-hybridized carbons (Fsp3) is 0.619. The van der Waals surface area contributed by atoms with Crippen molar-refractivity contribution in [1.29, 1.82) is 5.26 Å². The van der Waals surface area contributed by atoms with Crippen LogP contribution in [0.25, 0.3) is 0 Å². The summed E-state index contributed by atoms with van der Waals surface area (Å²) in [5.41, 5.74) is 3.80. The SMILES string of the molecule is Cc1cccc(C)c1NC(=S)N(CCC#N)C1CC(C)CC(C)(C)C1.